The van der Waals surface area contributed by atoms with Crippen molar-refractivity contribution in [1.29, 1.82) is 0 Å². The fraction of sp³-hybridized carbons (Fsp3) is 0.636. The van der Waals surface area contributed by atoms with Gasteiger partial charge in [0.1, 0.15) is 5.84 Å². The summed E-state index contributed by atoms with van der Waals surface area (Å²) in [6.45, 7) is 9.79. The van der Waals surface area contributed by atoms with Crippen LogP contribution in [0.4, 0.5) is 0 Å². The second-order valence-corrected chi connectivity index (χ2v) is 3.83. The third-order valence-electron chi connectivity index (χ3n) is 2.75. The highest BCUT2D eigenvalue weighted by Gasteiger charge is 2.17. The van der Waals surface area contributed by atoms with Crippen LogP contribution < -0.4 is 0 Å². The van der Waals surface area contributed by atoms with E-state index in [2.05, 4.69) is 21.4 Å². The van der Waals surface area contributed by atoms with E-state index in [1.165, 1.54) is 0 Å². The Morgan fingerprint density at radius 2 is 2.06 bits per heavy atom. The van der Waals surface area contributed by atoms with Crippen LogP contribution in [-0.4, -0.2) is 59.4 Å². The maximum atomic E-state index is 10.4. The Bertz CT molecular complexity index is 281. The molecule has 0 aromatic carbocycles. The van der Waals surface area contributed by atoms with Crippen LogP contribution >= 0.6 is 0 Å². The monoisotopic (exact) mass is 225 g/mol. The predicted molar refractivity (Wildman–Crippen MR) is 63.6 cm³/mol. The minimum absolute atomic E-state index is 0.222. The van der Waals surface area contributed by atoms with Crippen molar-refractivity contribution in [2.75, 3.05) is 32.7 Å². The molecule has 0 atom stereocenters. The summed E-state index contributed by atoms with van der Waals surface area (Å²) in [7, 11) is 0. The average Bonchev–Trinajstić information content (AvgIpc) is 2.27. The van der Waals surface area contributed by atoms with Crippen LogP contribution in [0.1, 0.15) is 13.3 Å². The van der Waals surface area contributed by atoms with Crippen molar-refractivity contribution in [3.05, 3.63) is 12.8 Å². The van der Waals surface area contributed by atoms with Gasteiger partial charge in [-0.25, -0.2) is 4.99 Å². The third kappa shape index (κ3) is 4.02. The highest BCUT2D eigenvalue weighted by atomic mass is 16.4. The number of amidine groups is 1. The molecule has 0 aromatic heterocycles. The van der Waals surface area contributed by atoms with E-state index < -0.39 is 5.97 Å². The lowest BCUT2D eigenvalue weighted by Gasteiger charge is -2.35. The van der Waals surface area contributed by atoms with Crippen molar-refractivity contribution in [2.24, 2.45) is 4.99 Å². The maximum Gasteiger partial charge on any atom is 0.304 e. The highest BCUT2D eigenvalue weighted by Crippen LogP contribution is 2.03. The molecule has 5 heteroatoms. The van der Waals surface area contributed by atoms with Crippen LogP contribution in [0.3, 0.4) is 0 Å². The van der Waals surface area contributed by atoms with Gasteiger partial charge in [-0.3, -0.25) is 9.69 Å². The average molecular weight is 225 g/mol. The summed E-state index contributed by atoms with van der Waals surface area (Å²) in [5.74, 6) is 0.250. The van der Waals surface area contributed by atoms with Crippen LogP contribution in [0.25, 0.3) is 0 Å². The van der Waals surface area contributed by atoms with Crippen LogP contribution in [0.15, 0.2) is 17.8 Å². The smallest absolute Gasteiger partial charge is 0.304 e. The number of piperazine rings is 1. The fourth-order valence-corrected chi connectivity index (χ4v) is 1.76. The van der Waals surface area contributed by atoms with Crippen molar-refractivity contribution >= 4 is 11.8 Å². The van der Waals surface area contributed by atoms with Crippen LogP contribution in [0.2, 0.25) is 0 Å². The fourth-order valence-electron chi connectivity index (χ4n) is 1.76. The van der Waals surface area contributed by atoms with Gasteiger partial charge in [0.05, 0.1) is 6.42 Å². The van der Waals surface area contributed by atoms with E-state index in [0.717, 1.165) is 32.0 Å². The van der Waals surface area contributed by atoms with Crippen molar-refractivity contribution in [2.45, 2.75) is 13.3 Å². The molecule has 0 unspecified atom stereocenters. The molecule has 1 fully saturated rings. The second-order valence-electron chi connectivity index (χ2n) is 3.83. The topological polar surface area (TPSA) is 56.1 Å². The van der Waals surface area contributed by atoms with Gasteiger partial charge in [0.25, 0.3) is 0 Å². The number of aliphatic carboxylic acids is 1. The Labute approximate surface area is 96.1 Å². The van der Waals surface area contributed by atoms with Crippen LogP contribution in [0, 0.1) is 0 Å². The molecule has 90 valence electrons. The van der Waals surface area contributed by atoms with Gasteiger partial charge in [-0.1, -0.05) is 6.58 Å². The zero-order valence-electron chi connectivity index (χ0n) is 9.72. The summed E-state index contributed by atoms with van der Waals surface area (Å²) in [4.78, 5) is 18.9. The van der Waals surface area contributed by atoms with E-state index in [1.54, 1.807) is 6.20 Å². The van der Waals surface area contributed by atoms with Gasteiger partial charge in [-0.2, -0.15) is 0 Å². The lowest BCUT2D eigenvalue weighted by molar-refractivity contribution is -0.137. The molecule has 0 bridgehead atoms. The zero-order valence-corrected chi connectivity index (χ0v) is 9.72. The van der Waals surface area contributed by atoms with Gasteiger partial charge in [0.2, 0.25) is 0 Å². The maximum absolute atomic E-state index is 10.4. The Morgan fingerprint density at radius 1 is 1.44 bits per heavy atom. The lowest BCUT2D eigenvalue weighted by atomic mass is 10.3. The van der Waals surface area contributed by atoms with Gasteiger partial charge < -0.3 is 10.0 Å². The number of nitrogens with zero attached hydrogens (tertiary/aromatic N) is 3. The standard InChI is InChI=1S/C11H19N3O2/c1-3-12-10(2)14-8-6-13(7-9-14)5-4-11(15)16/h3H,1,4-9H2,2H3,(H,15,16). The summed E-state index contributed by atoms with van der Waals surface area (Å²) in [5, 5.41) is 8.59. The third-order valence-corrected chi connectivity index (χ3v) is 2.75. The minimum Gasteiger partial charge on any atom is -0.481 e. The summed E-state index contributed by atoms with van der Waals surface area (Å²) >= 11 is 0. The van der Waals surface area contributed by atoms with Gasteiger partial charge in [-0.15, -0.1) is 0 Å². The van der Waals surface area contributed by atoms with Gasteiger partial charge in [0, 0.05) is 38.9 Å². The molecular weight excluding hydrogens is 206 g/mol. The van der Waals surface area contributed by atoms with Crippen molar-refractivity contribution in [1.82, 2.24) is 9.80 Å². The molecule has 1 saturated heterocycles. The number of hydrogen-bond donors (Lipinski definition) is 1. The second kappa shape index (κ2) is 6.27. The summed E-state index contributed by atoms with van der Waals surface area (Å²) < 4.78 is 0. The number of aliphatic imine (C=N–C) groups is 1. The van der Waals surface area contributed by atoms with E-state index in [1.807, 2.05) is 6.92 Å². The molecular formula is C11H19N3O2. The summed E-state index contributed by atoms with van der Waals surface area (Å²) in [6, 6.07) is 0. The molecule has 1 aliphatic rings. The first-order valence-electron chi connectivity index (χ1n) is 5.48. The lowest BCUT2D eigenvalue weighted by Crippen LogP contribution is -2.48. The molecule has 1 N–H and O–H groups in total. The number of carboxylic acids is 1. The van der Waals surface area contributed by atoms with E-state index in [0.29, 0.717) is 6.54 Å². The predicted octanol–water partition coefficient (Wildman–Crippen LogP) is 0.641. The molecule has 0 amide bonds. The molecule has 0 aromatic rings. The van der Waals surface area contributed by atoms with Crippen LogP contribution in [-0.2, 0) is 4.79 Å². The molecule has 1 heterocycles. The first kappa shape index (κ1) is 12.7. The molecule has 1 aliphatic heterocycles. The van der Waals surface area contributed by atoms with Crippen molar-refractivity contribution in [3.63, 3.8) is 0 Å². The summed E-state index contributed by atoms with van der Waals surface area (Å²) in [5.41, 5.74) is 0. The molecule has 0 spiro atoms. The number of hydrogen-bond acceptors (Lipinski definition) is 3. The zero-order chi connectivity index (χ0) is 12.0. The molecule has 1 rings (SSSR count). The van der Waals surface area contributed by atoms with E-state index in [-0.39, 0.29) is 6.42 Å². The number of rotatable bonds is 4. The quantitative estimate of drug-likeness (QED) is 0.563. The Morgan fingerprint density at radius 3 is 2.56 bits per heavy atom. The first-order chi connectivity index (χ1) is 7.63. The van der Waals surface area contributed by atoms with Gasteiger partial charge >= 0.3 is 5.97 Å². The Balaban J connectivity index is 2.31. The number of carboxylic acid groups (broad SMARTS) is 1. The minimum atomic E-state index is -0.730. The Hall–Kier alpha value is -1.36. The largest absolute Gasteiger partial charge is 0.481 e. The molecule has 16 heavy (non-hydrogen) atoms. The van der Waals surface area contributed by atoms with Gasteiger partial charge in [-0.05, 0) is 6.92 Å². The highest BCUT2D eigenvalue weighted by molar-refractivity contribution is 5.80. The molecule has 0 aliphatic carbocycles. The van der Waals surface area contributed by atoms with E-state index in [4.69, 9.17) is 5.11 Å². The molecule has 0 radical (unpaired) electrons. The molecule has 0 saturated carbocycles. The number of carbonyl (C=O) groups is 1. The van der Waals surface area contributed by atoms with Crippen molar-refractivity contribution < 1.29 is 9.90 Å². The van der Waals surface area contributed by atoms with E-state index >= 15 is 0 Å². The SMILES string of the molecule is C=CN=C(C)N1CCN(CCC(=O)O)CC1. The normalized spacial score (nSPS) is 18.6. The van der Waals surface area contributed by atoms with Gasteiger partial charge in [0.15, 0.2) is 0 Å². The first-order valence-corrected chi connectivity index (χ1v) is 5.48. The van der Waals surface area contributed by atoms with Crippen molar-refractivity contribution in [3.8, 4) is 0 Å². The van der Waals surface area contributed by atoms with E-state index in [9.17, 15) is 4.79 Å². The summed E-state index contributed by atoms with van der Waals surface area (Å²) in [6.07, 6.45) is 1.77. The molecule has 5 nitrogen and oxygen atoms in total. The Kier molecular flexibility index (Phi) is 4.98. The van der Waals surface area contributed by atoms with Crippen LogP contribution in [0.5, 0.6) is 0 Å².